The third-order valence-corrected chi connectivity index (χ3v) is 16.1. The second kappa shape index (κ2) is 20.2. The van der Waals surface area contributed by atoms with Gasteiger partial charge in [0.2, 0.25) is 11.8 Å². The molecule has 14 nitrogen and oxygen atoms in total. The number of fused-ring (bicyclic) bond motifs is 3. The predicted octanol–water partition coefficient (Wildman–Crippen LogP) is 9.97. The number of methoxy groups -OCH3 is 2. The predicted molar refractivity (Wildman–Crippen MR) is 270 cm³/mol. The van der Waals surface area contributed by atoms with Crippen molar-refractivity contribution in [2.75, 3.05) is 27.3 Å². The molecular weight excluding hydrogens is 883 g/mol. The van der Waals surface area contributed by atoms with Crippen molar-refractivity contribution in [3.8, 4) is 33.5 Å². The highest BCUT2D eigenvalue weighted by atomic mass is 16.5. The number of aromatic nitrogens is 4. The molecule has 1 saturated carbocycles. The van der Waals surface area contributed by atoms with E-state index >= 15 is 0 Å². The third-order valence-electron chi connectivity index (χ3n) is 16.1. The summed E-state index contributed by atoms with van der Waals surface area (Å²) in [6.07, 6.45) is 12.5. The molecule has 70 heavy (non-hydrogen) atoms. The zero-order valence-corrected chi connectivity index (χ0v) is 41.9. The molecular formula is C56H69N7O7. The van der Waals surface area contributed by atoms with Gasteiger partial charge in [-0.25, -0.2) is 14.8 Å². The van der Waals surface area contributed by atoms with Crippen LogP contribution in [0.15, 0.2) is 65.6 Å². The van der Waals surface area contributed by atoms with E-state index < -0.39 is 18.2 Å². The summed E-state index contributed by atoms with van der Waals surface area (Å²) >= 11 is 0. The second-order valence-electron chi connectivity index (χ2n) is 21.0. The molecule has 3 fully saturated rings. The summed E-state index contributed by atoms with van der Waals surface area (Å²) in [7, 11) is 2.68. The van der Waals surface area contributed by atoms with E-state index in [9.17, 15) is 24.0 Å². The number of amides is 3. The summed E-state index contributed by atoms with van der Waals surface area (Å²) < 4.78 is 9.74. The van der Waals surface area contributed by atoms with Gasteiger partial charge < -0.3 is 34.6 Å². The van der Waals surface area contributed by atoms with Crippen molar-refractivity contribution >= 4 is 34.8 Å². The Morgan fingerprint density at radius 1 is 0.743 bits per heavy atom. The maximum atomic E-state index is 14.1. The van der Waals surface area contributed by atoms with Gasteiger partial charge in [0.05, 0.1) is 55.0 Å². The normalized spacial score (nSPS) is 19.8. The number of aromatic amines is 2. The van der Waals surface area contributed by atoms with Gasteiger partial charge in [-0.05, 0) is 133 Å². The van der Waals surface area contributed by atoms with Gasteiger partial charge in [0, 0.05) is 19.0 Å². The quantitative estimate of drug-likeness (QED) is 0.0914. The first-order valence-corrected chi connectivity index (χ1v) is 25.6. The van der Waals surface area contributed by atoms with Gasteiger partial charge in [0.1, 0.15) is 17.7 Å². The standard InChI is InChI=1S/C56H69N7O7/c1-32(2)38(20-14-34(5)54(67)69-6)52(65)62-28-10-12-45(62)49-57-31-44(59-49)36-17-15-35(16-18-36)40-22-21-39(41-24-27-56(47(40)41)25-8-9-26-56)37-19-23-43-42(30-37)51(64)61-50(58-43)46-13-11-29-63(46)53(66)48(33(3)4)60-55(68)70-7/h15-19,21-23,30-34,38,45-46,48H,8-14,20,24-29H2,1-7H3,(H,57,59)(H,60,68)(H,58,61,64). The fourth-order valence-electron chi connectivity index (χ4n) is 12.2. The summed E-state index contributed by atoms with van der Waals surface area (Å²) in [6.45, 7) is 11.0. The van der Waals surface area contributed by atoms with E-state index in [0.29, 0.717) is 49.1 Å². The van der Waals surface area contributed by atoms with E-state index in [1.165, 1.54) is 49.3 Å². The highest BCUT2D eigenvalue weighted by Crippen LogP contribution is 2.55. The van der Waals surface area contributed by atoms with Crippen molar-refractivity contribution in [3.63, 3.8) is 0 Å². The molecule has 9 rings (SSSR count). The number of carbonyl (C=O) groups is 4. The Hall–Kier alpha value is -6.31. The van der Waals surface area contributed by atoms with Crippen LogP contribution in [0.5, 0.6) is 0 Å². The summed E-state index contributed by atoms with van der Waals surface area (Å²) in [5.74, 6) is 0.455. The summed E-state index contributed by atoms with van der Waals surface area (Å²) in [6, 6.07) is 17.9. The average Bonchev–Trinajstić information content (AvgIpc) is 4.24. The van der Waals surface area contributed by atoms with Crippen molar-refractivity contribution in [2.24, 2.45) is 23.7 Å². The number of hydrogen-bond donors (Lipinski definition) is 3. The van der Waals surface area contributed by atoms with Crippen LogP contribution in [0.25, 0.3) is 44.4 Å². The zero-order valence-electron chi connectivity index (χ0n) is 41.9. The first kappa shape index (κ1) is 48.7. The lowest BCUT2D eigenvalue weighted by atomic mass is 9.76. The van der Waals surface area contributed by atoms with Gasteiger partial charge in [-0.3, -0.25) is 19.2 Å². The van der Waals surface area contributed by atoms with Crippen LogP contribution in [0.4, 0.5) is 4.79 Å². The smallest absolute Gasteiger partial charge is 0.407 e. The molecule has 3 aromatic carbocycles. The molecule has 2 aromatic heterocycles. The Morgan fingerprint density at radius 3 is 2.07 bits per heavy atom. The van der Waals surface area contributed by atoms with E-state index in [1.54, 1.807) is 4.90 Å². The van der Waals surface area contributed by atoms with Gasteiger partial charge in [-0.1, -0.05) is 89.9 Å². The van der Waals surface area contributed by atoms with E-state index in [0.717, 1.165) is 73.2 Å². The molecule has 5 unspecified atom stereocenters. The topological polar surface area (TPSA) is 180 Å². The van der Waals surface area contributed by atoms with Gasteiger partial charge >= 0.3 is 12.1 Å². The number of ether oxygens (including phenoxy) is 2. The van der Waals surface area contributed by atoms with Crippen molar-refractivity contribution in [1.29, 1.82) is 0 Å². The lowest BCUT2D eigenvalue weighted by molar-refractivity contribution is -0.146. The fraction of sp³-hybridized carbons (Fsp3) is 0.518. The van der Waals surface area contributed by atoms with E-state index in [4.69, 9.17) is 19.4 Å². The molecule has 2 saturated heterocycles. The summed E-state index contributed by atoms with van der Waals surface area (Å²) in [5.41, 5.74) is 9.75. The number of nitrogens with one attached hydrogen (secondary N) is 3. The molecule has 0 bridgehead atoms. The van der Waals surface area contributed by atoms with Crippen molar-refractivity contribution in [3.05, 3.63) is 93.9 Å². The SMILES string of the molecule is COC(=O)NC(C(=O)N1CCCC1c1nc2ccc(-c3ccc(-c4ccc(-c5cnc(C6CCCN6C(=O)C(CCC(C)C(=O)OC)C(C)C)[nH]5)cc4)c4c3CCC43CCCC3)cc2c(=O)[nH]1)C(C)C. The number of carbonyl (C=O) groups excluding carboxylic acids is 4. The fourth-order valence-corrected chi connectivity index (χ4v) is 12.2. The number of alkyl carbamates (subject to hydrolysis) is 1. The Labute approximate surface area is 410 Å². The Morgan fingerprint density at radius 2 is 1.40 bits per heavy atom. The first-order chi connectivity index (χ1) is 33.7. The number of benzene rings is 3. The number of rotatable bonds is 14. The number of nitrogens with zero attached hydrogens (tertiary/aromatic N) is 4. The largest absolute Gasteiger partial charge is 0.469 e. The minimum Gasteiger partial charge on any atom is -0.469 e. The van der Waals surface area contributed by atoms with Crippen LogP contribution >= 0.6 is 0 Å². The molecule has 1 spiro atoms. The van der Waals surface area contributed by atoms with E-state index in [2.05, 4.69) is 71.6 Å². The number of imidazole rings is 1. The molecule has 3 amide bonds. The van der Waals surface area contributed by atoms with E-state index in [1.807, 2.05) is 44.0 Å². The van der Waals surface area contributed by atoms with Crippen LogP contribution in [0.1, 0.15) is 140 Å². The zero-order chi connectivity index (χ0) is 49.4. The third kappa shape index (κ3) is 9.25. The van der Waals surface area contributed by atoms with E-state index in [-0.39, 0.29) is 58.5 Å². The molecule has 2 aliphatic heterocycles. The maximum absolute atomic E-state index is 14.1. The second-order valence-corrected chi connectivity index (χ2v) is 21.0. The van der Waals surface area contributed by atoms with Gasteiger partial charge in [-0.15, -0.1) is 0 Å². The number of esters is 1. The van der Waals surface area contributed by atoms with Crippen molar-refractivity contribution in [1.82, 2.24) is 35.1 Å². The van der Waals surface area contributed by atoms with Crippen molar-refractivity contribution in [2.45, 2.75) is 135 Å². The Kier molecular flexibility index (Phi) is 14.1. The molecule has 0 radical (unpaired) electrons. The summed E-state index contributed by atoms with van der Waals surface area (Å²) in [5, 5.41) is 3.19. The summed E-state index contributed by atoms with van der Waals surface area (Å²) in [4.78, 5) is 86.2. The van der Waals surface area contributed by atoms with Gasteiger partial charge in [-0.2, -0.15) is 0 Å². The minimum atomic E-state index is -0.769. The molecule has 2 aliphatic carbocycles. The average molecular weight is 952 g/mol. The van der Waals surface area contributed by atoms with Crippen LogP contribution in [0.3, 0.4) is 0 Å². The Bertz CT molecular complexity index is 2820. The highest BCUT2D eigenvalue weighted by molar-refractivity contribution is 5.88. The van der Waals surface area contributed by atoms with Crippen LogP contribution in [0, 0.1) is 23.7 Å². The number of likely N-dealkylation sites (tertiary alicyclic amines) is 2. The highest BCUT2D eigenvalue weighted by Gasteiger charge is 2.44. The monoisotopic (exact) mass is 952 g/mol. The van der Waals surface area contributed by atoms with Gasteiger partial charge in [0.15, 0.2) is 0 Å². The maximum Gasteiger partial charge on any atom is 0.407 e. The van der Waals surface area contributed by atoms with Crippen LogP contribution in [-0.4, -0.2) is 87.0 Å². The van der Waals surface area contributed by atoms with Crippen LogP contribution < -0.4 is 10.9 Å². The van der Waals surface area contributed by atoms with Crippen LogP contribution in [-0.2, 0) is 35.7 Å². The molecule has 14 heteroatoms. The lowest BCUT2D eigenvalue weighted by Crippen LogP contribution is -2.51. The molecule has 3 N–H and O–H groups in total. The molecule has 4 heterocycles. The van der Waals surface area contributed by atoms with Crippen molar-refractivity contribution < 1.29 is 28.7 Å². The Balaban J connectivity index is 0.960. The molecule has 370 valence electrons. The number of hydrogen-bond acceptors (Lipinski definition) is 9. The first-order valence-electron chi connectivity index (χ1n) is 25.6. The molecule has 5 atom stereocenters. The van der Waals surface area contributed by atoms with Gasteiger partial charge in [0.25, 0.3) is 5.56 Å². The number of H-pyrrole nitrogens is 2. The van der Waals surface area contributed by atoms with Crippen LogP contribution in [0.2, 0.25) is 0 Å². The molecule has 5 aromatic rings. The lowest BCUT2D eigenvalue weighted by Gasteiger charge is -2.30. The molecule has 4 aliphatic rings. The minimum absolute atomic E-state index is 0.118.